The molecule has 0 bridgehead atoms. The second kappa shape index (κ2) is 7.56. The van der Waals surface area contributed by atoms with Crippen LogP contribution in [0, 0.1) is 0 Å². The van der Waals surface area contributed by atoms with Gasteiger partial charge in [0.15, 0.2) is 0 Å². The molecule has 0 aromatic heterocycles. The van der Waals surface area contributed by atoms with Gasteiger partial charge in [-0.1, -0.05) is 0 Å². The lowest BCUT2D eigenvalue weighted by atomic mass is 10.00. The highest BCUT2D eigenvalue weighted by Gasteiger charge is 2.26. The zero-order valence-corrected chi connectivity index (χ0v) is 11.2. The molecule has 106 valence electrons. The number of methoxy groups -OCH3 is 1. The molecule has 0 aliphatic carbocycles. The van der Waals surface area contributed by atoms with Crippen molar-refractivity contribution in [2.45, 2.75) is 37.8 Å². The summed E-state index contributed by atoms with van der Waals surface area (Å²) in [7, 11) is 1.57. The number of hydrogen-bond donors (Lipinski definition) is 3. The topological polar surface area (TPSA) is 79.8 Å². The molecule has 3 N–H and O–H groups in total. The highest BCUT2D eigenvalue weighted by atomic mass is 16.5. The molecule has 2 amide bonds. The third-order valence-electron chi connectivity index (χ3n) is 3.06. The molecule has 18 heavy (non-hydrogen) atoms. The zero-order chi connectivity index (χ0) is 13.4. The van der Waals surface area contributed by atoms with Crippen molar-refractivity contribution in [1.82, 2.24) is 10.6 Å². The van der Waals surface area contributed by atoms with Crippen LogP contribution < -0.4 is 10.6 Å². The van der Waals surface area contributed by atoms with Gasteiger partial charge in [0.1, 0.15) is 0 Å². The van der Waals surface area contributed by atoms with E-state index in [2.05, 4.69) is 10.6 Å². The molecule has 2 atom stereocenters. The van der Waals surface area contributed by atoms with E-state index in [-0.39, 0.29) is 18.7 Å². The molecular weight excluding hydrogens is 236 g/mol. The molecule has 1 rings (SSSR count). The summed E-state index contributed by atoms with van der Waals surface area (Å²) in [4.78, 5) is 11.8. The second-order valence-electron chi connectivity index (χ2n) is 4.94. The molecule has 0 radical (unpaired) electrons. The summed E-state index contributed by atoms with van der Waals surface area (Å²) in [6.07, 6.45) is 2.63. The number of amides is 2. The lowest BCUT2D eigenvalue weighted by Gasteiger charge is -2.29. The van der Waals surface area contributed by atoms with Gasteiger partial charge in [-0.3, -0.25) is 0 Å². The summed E-state index contributed by atoms with van der Waals surface area (Å²) < 4.78 is 10.5. The van der Waals surface area contributed by atoms with Gasteiger partial charge in [0.2, 0.25) is 0 Å². The Labute approximate surface area is 108 Å². The van der Waals surface area contributed by atoms with Crippen LogP contribution in [-0.4, -0.2) is 56.3 Å². The van der Waals surface area contributed by atoms with Gasteiger partial charge in [-0.25, -0.2) is 4.79 Å². The van der Waals surface area contributed by atoms with Crippen molar-refractivity contribution < 1.29 is 19.4 Å². The van der Waals surface area contributed by atoms with E-state index in [9.17, 15) is 4.79 Å². The third-order valence-corrected chi connectivity index (χ3v) is 3.06. The predicted molar refractivity (Wildman–Crippen MR) is 67.5 cm³/mol. The number of carbonyl (C=O) groups excluding carboxylic acids is 1. The van der Waals surface area contributed by atoms with Gasteiger partial charge in [-0.2, -0.15) is 0 Å². The maximum atomic E-state index is 11.8. The molecule has 0 saturated carbocycles. The SMILES string of the molecule is COC[C@@](C)(CCO)NC(=O)NC[C@H]1CCCO1. The van der Waals surface area contributed by atoms with Gasteiger partial charge in [0.25, 0.3) is 0 Å². The molecule has 0 aromatic carbocycles. The standard InChI is InChI=1S/C12H24N2O4/c1-12(5-6-15,9-17-2)14-11(16)13-8-10-4-3-7-18-10/h10,15H,3-9H2,1-2H3,(H2,13,14,16)/t10-,12-/m1/s1. The molecule has 0 aromatic rings. The van der Waals surface area contributed by atoms with Crippen LogP contribution in [0.5, 0.6) is 0 Å². The van der Waals surface area contributed by atoms with Gasteiger partial charge in [-0.15, -0.1) is 0 Å². The Balaban J connectivity index is 2.30. The molecule has 1 aliphatic rings. The molecular formula is C12H24N2O4. The molecule has 1 aliphatic heterocycles. The van der Waals surface area contributed by atoms with Gasteiger partial charge in [-0.05, 0) is 26.2 Å². The van der Waals surface area contributed by atoms with Gasteiger partial charge in [0.05, 0.1) is 18.2 Å². The Hall–Kier alpha value is -0.850. The monoisotopic (exact) mass is 260 g/mol. The van der Waals surface area contributed by atoms with Crippen LogP contribution in [0.25, 0.3) is 0 Å². The van der Waals surface area contributed by atoms with E-state index in [0.29, 0.717) is 19.6 Å². The molecule has 0 spiro atoms. The lowest BCUT2D eigenvalue weighted by molar-refractivity contribution is 0.0975. The smallest absolute Gasteiger partial charge is 0.315 e. The largest absolute Gasteiger partial charge is 0.396 e. The Kier molecular flexibility index (Phi) is 6.38. The van der Waals surface area contributed by atoms with E-state index >= 15 is 0 Å². The summed E-state index contributed by atoms with van der Waals surface area (Å²) in [5.74, 6) is 0. The minimum atomic E-state index is -0.551. The van der Waals surface area contributed by atoms with Crippen LogP contribution >= 0.6 is 0 Å². The molecule has 1 saturated heterocycles. The van der Waals surface area contributed by atoms with Crippen molar-refractivity contribution in [2.75, 3.05) is 33.5 Å². The second-order valence-corrected chi connectivity index (χ2v) is 4.94. The quantitative estimate of drug-likeness (QED) is 0.613. The summed E-state index contributed by atoms with van der Waals surface area (Å²) in [6, 6.07) is -0.251. The minimum Gasteiger partial charge on any atom is -0.396 e. The van der Waals surface area contributed by atoms with Crippen LogP contribution in [0.4, 0.5) is 4.79 Å². The van der Waals surface area contributed by atoms with Gasteiger partial charge < -0.3 is 25.2 Å². The van der Waals surface area contributed by atoms with Crippen LogP contribution in [0.1, 0.15) is 26.2 Å². The van der Waals surface area contributed by atoms with Gasteiger partial charge in [0, 0.05) is 26.9 Å². The van der Waals surface area contributed by atoms with Crippen molar-refractivity contribution in [3.63, 3.8) is 0 Å². The van der Waals surface area contributed by atoms with E-state index in [1.807, 2.05) is 6.92 Å². The number of nitrogens with one attached hydrogen (secondary N) is 2. The van der Waals surface area contributed by atoms with Crippen LogP contribution in [0.3, 0.4) is 0 Å². The number of aliphatic hydroxyl groups excluding tert-OH is 1. The Morgan fingerprint density at radius 3 is 2.94 bits per heavy atom. The number of rotatable bonds is 7. The summed E-state index contributed by atoms with van der Waals surface area (Å²) in [5.41, 5.74) is -0.551. The van der Waals surface area contributed by atoms with Crippen molar-refractivity contribution in [1.29, 1.82) is 0 Å². The van der Waals surface area contributed by atoms with Crippen molar-refractivity contribution in [2.24, 2.45) is 0 Å². The van der Waals surface area contributed by atoms with Crippen molar-refractivity contribution in [3.8, 4) is 0 Å². The molecule has 1 heterocycles. The van der Waals surface area contributed by atoms with E-state index in [0.717, 1.165) is 19.4 Å². The fourth-order valence-corrected chi connectivity index (χ4v) is 2.07. The predicted octanol–water partition coefficient (Wildman–Crippen LogP) is 0.252. The Bertz CT molecular complexity index is 248. The molecule has 0 unspecified atom stereocenters. The number of urea groups is 1. The van der Waals surface area contributed by atoms with E-state index in [1.54, 1.807) is 7.11 Å². The Morgan fingerprint density at radius 1 is 1.61 bits per heavy atom. The van der Waals surface area contributed by atoms with Gasteiger partial charge >= 0.3 is 6.03 Å². The number of carbonyl (C=O) groups is 1. The first-order chi connectivity index (χ1) is 8.59. The summed E-state index contributed by atoms with van der Waals surface area (Å²) in [6.45, 7) is 3.51. The average molecular weight is 260 g/mol. The van der Waals surface area contributed by atoms with E-state index < -0.39 is 5.54 Å². The first-order valence-corrected chi connectivity index (χ1v) is 6.37. The van der Waals surface area contributed by atoms with Crippen LogP contribution in [0.2, 0.25) is 0 Å². The highest BCUT2D eigenvalue weighted by molar-refractivity contribution is 5.74. The van der Waals surface area contributed by atoms with E-state index in [1.165, 1.54) is 0 Å². The average Bonchev–Trinajstić information content (AvgIpc) is 2.79. The van der Waals surface area contributed by atoms with E-state index in [4.69, 9.17) is 14.6 Å². The minimum absolute atomic E-state index is 0.00583. The first-order valence-electron chi connectivity index (χ1n) is 6.37. The maximum absolute atomic E-state index is 11.8. The number of ether oxygens (including phenoxy) is 2. The summed E-state index contributed by atoms with van der Waals surface area (Å²) in [5, 5.41) is 14.6. The highest BCUT2D eigenvalue weighted by Crippen LogP contribution is 2.11. The lowest BCUT2D eigenvalue weighted by Crippen LogP contribution is -2.54. The zero-order valence-electron chi connectivity index (χ0n) is 11.2. The Morgan fingerprint density at radius 2 is 2.39 bits per heavy atom. The normalized spacial score (nSPS) is 22.5. The summed E-state index contributed by atoms with van der Waals surface area (Å²) >= 11 is 0. The van der Waals surface area contributed by atoms with Crippen LogP contribution in [0.15, 0.2) is 0 Å². The van der Waals surface area contributed by atoms with Crippen molar-refractivity contribution >= 4 is 6.03 Å². The fourth-order valence-electron chi connectivity index (χ4n) is 2.07. The molecule has 6 nitrogen and oxygen atoms in total. The number of aliphatic hydroxyl groups is 1. The fraction of sp³-hybridized carbons (Fsp3) is 0.917. The maximum Gasteiger partial charge on any atom is 0.315 e. The molecule has 1 fully saturated rings. The van der Waals surface area contributed by atoms with Crippen molar-refractivity contribution in [3.05, 3.63) is 0 Å². The molecule has 6 heteroatoms. The number of hydrogen-bond acceptors (Lipinski definition) is 4. The third kappa shape index (κ3) is 5.20. The first kappa shape index (κ1) is 15.2. The van der Waals surface area contributed by atoms with Crippen LogP contribution in [-0.2, 0) is 9.47 Å².